The van der Waals surface area contributed by atoms with Gasteiger partial charge in [0.15, 0.2) is 5.69 Å². The third-order valence-corrected chi connectivity index (χ3v) is 6.12. The van der Waals surface area contributed by atoms with Crippen LogP contribution in [0.25, 0.3) is 11.0 Å². The molecule has 3 heterocycles. The Kier molecular flexibility index (Phi) is 7.99. The second-order valence-corrected chi connectivity index (χ2v) is 8.77. The first kappa shape index (κ1) is 24.7. The topological polar surface area (TPSA) is 115 Å². The molecule has 9 heteroatoms. The standard InChI is InChI=1S/C26H32N4O5/c1-17(16-31)28-19-14-20-22(29-25(32)21-11-7-13-35-21)23(26(33)34-2)30(24(20)27-15-19)12-6-10-18-8-4-3-5-9-18/h3-5,8-9,14-15,17,21,28,31H,6-7,10-13,16H2,1-2H3,(H,29,32)/t17-,21-/m0/s1. The van der Waals surface area contributed by atoms with Gasteiger partial charge in [0, 0.05) is 24.6 Å². The molecular formula is C26H32N4O5. The Morgan fingerprint density at radius 3 is 2.80 bits per heavy atom. The minimum absolute atomic E-state index is 0.0471. The lowest BCUT2D eigenvalue weighted by atomic mass is 10.1. The van der Waals surface area contributed by atoms with Crippen LogP contribution in [-0.2, 0) is 27.2 Å². The lowest BCUT2D eigenvalue weighted by Gasteiger charge is -2.13. The van der Waals surface area contributed by atoms with E-state index in [0.29, 0.717) is 42.0 Å². The Balaban J connectivity index is 1.74. The number of pyridine rings is 1. The number of rotatable bonds is 10. The Hall–Kier alpha value is -3.43. The van der Waals surface area contributed by atoms with E-state index in [-0.39, 0.29) is 24.2 Å². The van der Waals surface area contributed by atoms with Gasteiger partial charge in [-0.25, -0.2) is 9.78 Å². The van der Waals surface area contributed by atoms with Gasteiger partial charge in [-0.2, -0.15) is 0 Å². The number of amides is 1. The van der Waals surface area contributed by atoms with Crippen LogP contribution in [0, 0.1) is 0 Å². The molecule has 0 unspecified atom stereocenters. The maximum Gasteiger partial charge on any atom is 0.356 e. The summed E-state index contributed by atoms with van der Waals surface area (Å²) in [5, 5.41) is 16.2. The molecule has 2 atom stereocenters. The number of carbonyl (C=O) groups excluding carboxylic acids is 2. The molecule has 1 aromatic carbocycles. The van der Waals surface area contributed by atoms with Crippen molar-refractivity contribution in [3.8, 4) is 0 Å². The summed E-state index contributed by atoms with van der Waals surface area (Å²) < 4.78 is 12.5. The third-order valence-electron chi connectivity index (χ3n) is 6.12. The molecule has 1 amide bonds. The number of anilines is 2. The summed E-state index contributed by atoms with van der Waals surface area (Å²) in [6, 6.07) is 11.8. The van der Waals surface area contributed by atoms with Crippen LogP contribution in [0.1, 0.15) is 42.2 Å². The highest BCUT2D eigenvalue weighted by atomic mass is 16.5. The molecule has 2 aromatic heterocycles. The van der Waals surface area contributed by atoms with Gasteiger partial charge in [0.1, 0.15) is 11.8 Å². The quantitative estimate of drug-likeness (QED) is 0.381. The molecule has 0 radical (unpaired) electrons. The first-order chi connectivity index (χ1) is 17.0. The maximum atomic E-state index is 13.0. The van der Waals surface area contributed by atoms with E-state index >= 15 is 0 Å². The molecule has 186 valence electrons. The number of ether oxygens (including phenoxy) is 2. The maximum absolute atomic E-state index is 13.0. The molecule has 1 fully saturated rings. The van der Waals surface area contributed by atoms with Crippen molar-refractivity contribution in [1.29, 1.82) is 0 Å². The van der Waals surface area contributed by atoms with Gasteiger partial charge in [-0.1, -0.05) is 30.3 Å². The van der Waals surface area contributed by atoms with Gasteiger partial charge in [-0.05, 0) is 44.2 Å². The molecule has 0 bridgehead atoms. The van der Waals surface area contributed by atoms with Gasteiger partial charge in [0.2, 0.25) is 0 Å². The largest absolute Gasteiger partial charge is 0.464 e. The summed E-state index contributed by atoms with van der Waals surface area (Å²) in [6.45, 7) is 2.85. The number of nitrogens with zero attached hydrogens (tertiary/aromatic N) is 2. The molecule has 3 aromatic rings. The number of nitrogens with one attached hydrogen (secondary N) is 2. The van der Waals surface area contributed by atoms with Gasteiger partial charge in [0.25, 0.3) is 5.91 Å². The van der Waals surface area contributed by atoms with Gasteiger partial charge in [-0.15, -0.1) is 0 Å². The van der Waals surface area contributed by atoms with Crippen molar-refractivity contribution in [3.63, 3.8) is 0 Å². The van der Waals surface area contributed by atoms with E-state index in [1.807, 2.05) is 35.8 Å². The lowest BCUT2D eigenvalue weighted by molar-refractivity contribution is -0.124. The predicted octanol–water partition coefficient (Wildman–Crippen LogP) is 3.37. The molecular weight excluding hydrogens is 448 g/mol. The molecule has 1 aliphatic rings. The first-order valence-corrected chi connectivity index (χ1v) is 12.0. The fourth-order valence-electron chi connectivity index (χ4n) is 4.36. The van der Waals surface area contributed by atoms with Crippen LogP contribution >= 0.6 is 0 Å². The van der Waals surface area contributed by atoms with Crippen molar-refractivity contribution < 1.29 is 24.2 Å². The number of hydrogen-bond donors (Lipinski definition) is 3. The van der Waals surface area contributed by atoms with E-state index in [4.69, 9.17) is 9.47 Å². The van der Waals surface area contributed by atoms with Crippen LogP contribution < -0.4 is 10.6 Å². The number of aryl methyl sites for hydroxylation is 2. The molecule has 3 N–H and O–H groups in total. The van der Waals surface area contributed by atoms with Gasteiger partial charge in [-0.3, -0.25) is 4.79 Å². The highest BCUT2D eigenvalue weighted by Gasteiger charge is 2.30. The molecule has 4 rings (SSSR count). The fraction of sp³-hybridized carbons (Fsp3) is 0.423. The van der Waals surface area contributed by atoms with E-state index in [9.17, 15) is 14.7 Å². The summed E-state index contributed by atoms with van der Waals surface area (Å²) in [4.78, 5) is 30.6. The summed E-state index contributed by atoms with van der Waals surface area (Å²) in [7, 11) is 1.32. The number of aromatic nitrogens is 2. The number of benzene rings is 1. The summed E-state index contributed by atoms with van der Waals surface area (Å²) in [5.74, 6) is -0.846. The van der Waals surface area contributed by atoms with E-state index < -0.39 is 12.1 Å². The van der Waals surface area contributed by atoms with Gasteiger partial charge in [0.05, 0.1) is 31.3 Å². The SMILES string of the molecule is COC(=O)c1c(NC(=O)[C@@H]2CCCO2)c2cc(N[C@@H](C)CO)cnc2n1CCCc1ccccc1. The summed E-state index contributed by atoms with van der Waals surface area (Å²) >= 11 is 0. The summed E-state index contributed by atoms with van der Waals surface area (Å²) in [6.07, 6.45) is 4.15. The van der Waals surface area contributed by atoms with Crippen LogP contribution in [0.4, 0.5) is 11.4 Å². The Morgan fingerprint density at radius 1 is 1.31 bits per heavy atom. The lowest BCUT2D eigenvalue weighted by Crippen LogP contribution is -2.28. The molecule has 0 aliphatic carbocycles. The van der Waals surface area contributed by atoms with Crippen molar-refractivity contribution in [3.05, 3.63) is 53.9 Å². The number of esters is 1. The second kappa shape index (κ2) is 11.3. The number of aliphatic hydroxyl groups excluding tert-OH is 1. The van der Waals surface area contributed by atoms with Crippen molar-refractivity contribution in [2.24, 2.45) is 0 Å². The van der Waals surface area contributed by atoms with Crippen LogP contribution in [0.3, 0.4) is 0 Å². The molecule has 1 saturated heterocycles. The molecule has 1 aliphatic heterocycles. The minimum Gasteiger partial charge on any atom is -0.464 e. The zero-order valence-corrected chi connectivity index (χ0v) is 20.1. The Bertz CT molecular complexity index is 1170. The molecule has 0 saturated carbocycles. The predicted molar refractivity (Wildman–Crippen MR) is 134 cm³/mol. The summed E-state index contributed by atoms with van der Waals surface area (Å²) in [5.41, 5.74) is 3.06. The highest BCUT2D eigenvalue weighted by Crippen LogP contribution is 2.33. The van der Waals surface area contributed by atoms with Gasteiger partial charge < -0.3 is 29.8 Å². The van der Waals surface area contributed by atoms with E-state index in [1.165, 1.54) is 12.7 Å². The van der Waals surface area contributed by atoms with Crippen molar-refractivity contribution in [1.82, 2.24) is 9.55 Å². The second-order valence-electron chi connectivity index (χ2n) is 8.77. The van der Waals surface area contributed by atoms with Crippen molar-refractivity contribution >= 4 is 34.3 Å². The monoisotopic (exact) mass is 480 g/mol. The Labute approximate surface area is 204 Å². The number of hydrogen-bond acceptors (Lipinski definition) is 7. The average Bonchev–Trinajstić information content (AvgIpc) is 3.52. The highest BCUT2D eigenvalue weighted by molar-refractivity contribution is 6.12. The zero-order valence-electron chi connectivity index (χ0n) is 20.1. The number of fused-ring (bicyclic) bond motifs is 1. The van der Waals surface area contributed by atoms with Crippen LogP contribution in [0.2, 0.25) is 0 Å². The van der Waals surface area contributed by atoms with E-state index in [2.05, 4.69) is 27.8 Å². The normalized spacial score (nSPS) is 16.3. The number of methoxy groups -OCH3 is 1. The first-order valence-electron chi connectivity index (χ1n) is 12.0. The third kappa shape index (κ3) is 5.63. The molecule has 9 nitrogen and oxygen atoms in total. The molecule has 0 spiro atoms. The fourth-order valence-corrected chi connectivity index (χ4v) is 4.36. The van der Waals surface area contributed by atoms with Crippen LogP contribution in [-0.4, -0.2) is 59.0 Å². The van der Waals surface area contributed by atoms with Gasteiger partial charge >= 0.3 is 5.97 Å². The number of aliphatic hydroxyl groups is 1. The smallest absolute Gasteiger partial charge is 0.356 e. The zero-order chi connectivity index (χ0) is 24.8. The van der Waals surface area contributed by atoms with Crippen LogP contribution in [0.5, 0.6) is 0 Å². The number of carbonyl (C=O) groups is 2. The molecule has 35 heavy (non-hydrogen) atoms. The van der Waals surface area contributed by atoms with Crippen molar-refractivity contribution in [2.75, 3.05) is 31.0 Å². The minimum atomic E-state index is -0.555. The average molecular weight is 481 g/mol. The van der Waals surface area contributed by atoms with Crippen LogP contribution in [0.15, 0.2) is 42.6 Å². The Morgan fingerprint density at radius 2 is 2.11 bits per heavy atom. The van der Waals surface area contributed by atoms with E-state index in [0.717, 1.165) is 19.3 Å². The van der Waals surface area contributed by atoms with Crippen molar-refractivity contribution in [2.45, 2.75) is 51.3 Å². The van der Waals surface area contributed by atoms with E-state index in [1.54, 1.807) is 6.20 Å².